The van der Waals surface area contributed by atoms with Crippen molar-refractivity contribution in [3.05, 3.63) is 12.8 Å². The van der Waals surface area contributed by atoms with Crippen molar-refractivity contribution in [3.63, 3.8) is 0 Å². The molecule has 2 fully saturated rings. The molecule has 0 aliphatic heterocycles. The van der Waals surface area contributed by atoms with Crippen LogP contribution in [0, 0.1) is 17.8 Å². The fraction of sp³-hybridized carbons (Fsp3) is 0.867. The first-order valence-corrected chi connectivity index (χ1v) is 7.66. The summed E-state index contributed by atoms with van der Waals surface area (Å²) in [5.41, 5.74) is -4.67. The van der Waals surface area contributed by atoms with E-state index in [9.17, 15) is 31.4 Å². The summed E-state index contributed by atoms with van der Waals surface area (Å²) in [6.07, 6.45) is -9.07. The van der Waals surface area contributed by atoms with Crippen molar-refractivity contribution >= 4 is 0 Å². The molecule has 1 N–H and O–H groups in total. The number of alkyl halides is 6. The van der Waals surface area contributed by atoms with E-state index in [0.717, 1.165) is 6.42 Å². The van der Waals surface area contributed by atoms with Gasteiger partial charge in [0.15, 0.2) is 0 Å². The Hall–Kier alpha value is -0.920. The van der Waals surface area contributed by atoms with Crippen LogP contribution < -0.4 is 0 Å². The molecule has 2 saturated carbocycles. The summed E-state index contributed by atoms with van der Waals surface area (Å²) >= 11 is 0. The Kier molecular flexibility index (Phi) is 4.95. The molecule has 0 amide bonds. The highest BCUT2D eigenvalue weighted by atomic mass is 19.4. The number of rotatable bonds is 3. The third-order valence-corrected chi connectivity index (χ3v) is 5.30. The molecule has 0 aromatic heterocycles. The Labute approximate surface area is 130 Å². The molecule has 0 aromatic carbocycles. The number of hydrogen-bond donors (Lipinski definition) is 1. The molecule has 0 radical (unpaired) electrons. The molecule has 4 atom stereocenters. The van der Waals surface area contributed by atoms with Crippen molar-refractivity contribution in [2.75, 3.05) is 0 Å². The van der Waals surface area contributed by atoms with Crippen LogP contribution in [0.25, 0.3) is 0 Å². The molecule has 0 aromatic rings. The molecule has 2 nitrogen and oxygen atoms in total. The lowest BCUT2D eigenvalue weighted by molar-refractivity contribution is -0.394. The predicted molar refractivity (Wildman–Crippen MR) is 70.3 cm³/mol. The summed E-state index contributed by atoms with van der Waals surface area (Å²) in [7, 11) is 0. The Balaban J connectivity index is 2.39. The molecular weight excluding hydrogens is 326 g/mol. The minimum absolute atomic E-state index is 0.0479. The van der Waals surface area contributed by atoms with E-state index in [-0.39, 0.29) is 19.3 Å². The van der Waals surface area contributed by atoms with Crippen molar-refractivity contribution in [2.45, 2.75) is 62.6 Å². The minimum atomic E-state index is -5.76. The molecule has 8 heteroatoms. The van der Waals surface area contributed by atoms with Gasteiger partial charge < -0.3 is 9.84 Å². The van der Waals surface area contributed by atoms with Gasteiger partial charge in [-0.05, 0) is 37.5 Å². The molecule has 0 saturated heterocycles. The third kappa shape index (κ3) is 3.06. The molecule has 134 valence electrons. The van der Waals surface area contributed by atoms with Gasteiger partial charge >= 0.3 is 12.4 Å². The van der Waals surface area contributed by atoms with E-state index in [2.05, 4.69) is 6.58 Å². The normalized spacial score (nSPS) is 33.0. The van der Waals surface area contributed by atoms with Crippen LogP contribution in [-0.2, 0) is 4.74 Å². The van der Waals surface area contributed by atoms with E-state index in [4.69, 9.17) is 4.74 Å². The molecule has 0 bridgehead atoms. The molecule has 23 heavy (non-hydrogen) atoms. The lowest BCUT2D eigenvalue weighted by Crippen LogP contribution is -2.65. The number of fused-ring (bicyclic) bond motifs is 1. The summed E-state index contributed by atoms with van der Waals surface area (Å²) in [4.78, 5) is 0. The Bertz CT molecular complexity index is 417. The maximum atomic E-state index is 13.2. The first kappa shape index (κ1) is 18.4. The molecule has 2 rings (SSSR count). The third-order valence-electron chi connectivity index (χ3n) is 5.30. The zero-order valence-electron chi connectivity index (χ0n) is 12.5. The fourth-order valence-corrected chi connectivity index (χ4v) is 4.31. The van der Waals surface area contributed by atoms with E-state index < -0.39 is 41.8 Å². The highest BCUT2D eigenvalue weighted by Gasteiger charge is 2.75. The Morgan fingerprint density at radius 1 is 0.870 bits per heavy atom. The summed E-state index contributed by atoms with van der Waals surface area (Å²) in [5, 5.41) is 9.75. The van der Waals surface area contributed by atoms with Crippen molar-refractivity contribution in [1.82, 2.24) is 0 Å². The maximum Gasteiger partial charge on any atom is 0.426 e. The van der Waals surface area contributed by atoms with Crippen LogP contribution in [-0.4, -0.2) is 29.2 Å². The predicted octanol–water partition coefficient (Wildman–Crippen LogP) is 4.59. The topological polar surface area (TPSA) is 29.5 Å². The van der Waals surface area contributed by atoms with E-state index in [0.29, 0.717) is 12.8 Å². The highest BCUT2D eigenvalue weighted by molar-refractivity contribution is 5.06. The van der Waals surface area contributed by atoms with Gasteiger partial charge in [0.1, 0.15) is 6.10 Å². The van der Waals surface area contributed by atoms with Crippen LogP contribution >= 0.6 is 0 Å². The molecule has 2 aliphatic carbocycles. The van der Waals surface area contributed by atoms with Crippen molar-refractivity contribution in [3.8, 4) is 0 Å². The van der Waals surface area contributed by atoms with Gasteiger partial charge in [-0.3, -0.25) is 0 Å². The van der Waals surface area contributed by atoms with Crippen LogP contribution in [0.5, 0.6) is 0 Å². The van der Waals surface area contributed by atoms with Crippen LogP contribution in [0.1, 0.15) is 38.5 Å². The van der Waals surface area contributed by atoms with Gasteiger partial charge in [0, 0.05) is 5.92 Å². The standard InChI is InChI=1S/C15H20F6O2/c1-2-23-12-8-7-11(9-5-3-4-6-10(9)12)13(22,14(16,17)18)15(19,20)21/h2,9-12,22H,1,3-8H2. The maximum absolute atomic E-state index is 13.2. The van der Waals surface area contributed by atoms with Crippen LogP contribution in [0.3, 0.4) is 0 Å². The SMILES string of the molecule is C=COC1CCC(C(O)(C(F)(F)F)C(F)(F)F)C2CCCCC12. The first-order chi connectivity index (χ1) is 10.5. The van der Waals surface area contributed by atoms with Gasteiger partial charge in [0.2, 0.25) is 0 Å². The summed E-state index contributed by atoms with van der Waals surface area (Å²) in [6.45, 7) is 3.41. The summed E-state index contributed by atoms with van der Waals surface area (Å²) in [5.74, 6) is -3.18. The Morgan fingerprint density at radius 3 is 1.87 bits per heavy atom. The molecule has 4 unspecified atom stereocenters. The molecule has 0 spiro atoms. The molecule has 2 aliphatic rings. The van der Waals surface area contributed by atoms with E-state index >= 15 is 0 Å². The number of aliphatic hydroxyl groups is 1. The monoisotopic (exact) mass is 346 g/mol. The van der Waals surface area contributed by atoms with Crippen LogP contribution in [0.15, 0.2) is 12.8 Å². The summed E-state index contributed by atoms with van der Waals surface area (Å²) in [6, 6.07) is 0. The average molecular weight is 346 g/mol. The second-order valence-corrected chi connectivity index (χ2v) is 6.40. The quantitative estimate of drug-likeness (QED) is 0.598. The molecular formula is C15H20F6O2. The van der Waals surface area contributed by atoms with Gasteiger partial charge in [-0.1, -0.05) is 19.4 Å². The lowest BCUT2D eigenvalue weighted by atomic mass is 9.59. The number of halogens is 6. The van der Waals surface area contributed by atoms with Crippen molar-refractivity contribution in [2.24, 2.45) is 17.8 Å². The van der Waals surface area contributed by atoms with E-state index in [1.54, 1.807) is 0 Å². The minimum Gasteiger partial charge on any atom is -0.498 e. The van der Waals surface area contributed by atoms with Crippen molar-refractivity contribution < 1.29 is 36.2 Å². The van der Waals surface area contributed by atoms with Crippen LogP contribution in [0.2, 0.25) is 0 Å². The first-order valence-electron chi connectivity index (χ1n) is 7.66. The molecule has 0 heterocycles. The van der Waals surface area contributed by atoms with Crippen LogP contribution in [0.4, 0.5) is 26.3 Å². The van der Waals surface area contributed by atoms with Gasteiger partial charge in [-0.2, -0.15) is 26.3 Å². The highest BCUT2D eigenvalue weighted by Crippen LogP contribution is 2.57. The number of hydrogen-bond acceptors (Lipinski definition) is 2. The average Bonchev–Trinajstić information content (AvgIpc) is 2.45. The number of ether oxygens (including phenoxy) is 1. The zero-order chi connectivity index (χ0) is 17.5. The lowest BCUT2D eigenvalue weighted by Gasteiger charge is -2.51. The van der Waals surface area contributed by atoms with Gasteiger partial charge in [0.05, 0.1) is 6.26 Å². The van der Waals surface area contributed by atoms with Gasteiger partial charge in [0.25, 0.3) is 5.60 Å². The van der Waals surface area contributed by atoms with Gasteiger partial charge in [-0.15, -0.1) is 0 Å². The second kappa shape index (κ2) is 6.18. The van der Waals surface area contributed by atoms with Crippen molar-refractivity contribution in [1.29, 1.82) is 0 Å². The largest absolute Gasteiger partial charge is 0.498 e. The Morgan fingerprint density at radius 2 is 1.39 bits per heavy atom. The zero-order valence-corrected chi connectivity index (χ0v) is 12.5. The van der Waals surface area contributed by atoms with E-state index in [1.165, 1.54) is 6.26 Å². The van der Waals surface area contributed by atoms with E-state index in [1.807, 2.05) is 0 Å². The smallest absolute Gasteiger partial charge is 0.426 e. The summed E-state index contributed by atoms with van der Waals surface area (Å²) < 4.78 is 84.3. The van der Waals surface area contributed by atoms with Gasteiger partial charge in [-0.25, -0.2) is 0 Å². The second-order valence-electron chi connectivity index (χ2n) is 6.40. The fourth-order valence-electron chi connectivity index (χ4n) is 4.31.